The summed E-state index contributed by atoms with van der Waals surface area (Å²) in [5.74, 6) is -2.46. The maximum absolute atomic E-state index is 14.1. The topological polar surface area (TPSA) is 91.4 Å². The third-order valence-electron chi connectivity index (χ3n) is 7.86. The molecule has 4 aliphatic rings. The SMILES string of the molecule is COc1ccccc1N1C(=O)[C@@H]2[C@@H]3C(=O)Oc4cc(C)ccc4C3=C[C@H](c3ccc4c(c3)OCO4)[C@H]2C1=O. The third kappa shape index (κ3) is 3.13. The monoisotopic (exact) mass is 509 g/mol. The first kappa shape index (κ1) is 22.6. The summed E-state index contributed by atoms with van der Waals surface area (Å²) in [5, 5.41) is 0. The molecule has 0 unspecified atom stereocenters. The van der Waals surface area contributed by atoms with Crippen molar-refractivity contribution >= 4 is 29.0 Å². The van der Waals surface area contributed by atoms with Gasteiger partial charge in [0.25, 0.3) is 0 Å². The van der Waals surface area contributed by atoms with Gasteiger partial charge in [-0.1, -0.05) is 36.4 Å². The number of fused-ring (bicyclic) bond motifs is 6. The normalized spacial score (nSPS) is 24.8. The van der Waals surface area contributed by atoms with Gasteiger partial charge >= 0.3 is 5.97 Å². The van der Waals surface area contributed by atoms with Crippen molar-refractivity contribution in [3.05, 3.63) is 83.4 Å². The number of carbonyl (C=O) groups is 3. The number of ether oxygens (including phenoxy) is 4. The standard InChI is InChI=1S/C30H23NO7/c1-15-7-9-17-19-13-18(16-8-10-22-24(12-16)37-14-36-22)25-27(26(19)30(34)38-23(17)11-15)29(33)31(28(25)32)20-5-3-4-6-21(20)35-2/h3-13,18,25-27H,14H2,1-2H3/t18-,25-,26-,27+/m1/s1. The van der Waals surface area contributed by atoms with Crippen LogP contribution in [-0.2, 0) is 14.4 Å². The Morgan fingerprint density at radius 2 is 1.66 bits per heavy atom. The molecule has 3 aromatic carbocycles. The molecule has 3 heterocycles. The van der Waals surface area contributed by atoms with E-state index in [0.29, 0.717) is 34.3 Å². The van der Waals surface area contributed by atoms with Crippen molar-refractivity contribution in [2.75, 3.05) is 18.8 Å². The molecular weight excluding hydrogens is 486 g/mol. The van der Waals surface area contributed by atoms with E-state index in [4.69, 9.17) is 18.9 Å². The molecule has 7 rings (SSSR count). The van der Waals surface area contributed by atoms with Gasteiger partial charge in [0, 0.05) is 11.5 Å². The zero-order chi connectivity index (χ0) is 26.1. The number of hydrogen-bond donors (Lipinski definition) is 0. The number of esters is 1. The first-order chi connectivity index (χ1) is 18.5. The molecule has 38 heavy (non-hydrogen) atoms. The molecule has 0 bridgehead atoms. The van der Waals surface area contributed by atoms with Crippen LogP contribution in [0, 0.1) is 24.7 Å². The van der Waals surface area contributed by atoms with Crippen LogP contribution < -0.4 is 23.8 Å². The third-order valence-corrected chi connectivity index (χ3v) is 7.86. The van der Waals surface area contributed by atoms with Gasteiger partial charge in [-0.2, -0.15) is 0 Å². The van der Waals surface area contributed by atoms with E-state index in [2.05, 4.69) is 0 Å². The summed E-state index contributed by atoms with van der Waals surface area (Å²) < 4.78 is 22.3. The van der Waals surface area contributed by atoms with E-state index in [1.807, 2.05) is 49.4 Å². The molecule has 1 aliphatic carbocycles. The van der Waals surface area contributed by atoms with Crippen molar-refractivity contribution in [2.45, 2.75) is 12.8 Å². The molecule has 0 aromatic heterocycles. The van der Waals surface area contributed by atoms with Crippen LogP contribution in [0.2, 0.25) is 0 Å². The average molecular weight is 510 g/mol. The second-order valence-corrected chi connectivity index (χ2v) is 9.89. The van der Waals surface area contributed by atoms with Crippen molar-refractivity contribution < 1.29 is 33.3 Å². The molecule has 3 aromatic rings. The van der Waals surface area contributed by atoms with Gasteiger partial charge in [-0.15, -0.1) is 0 Å². The maximum atomic E-state index is 14.1. The van der Waals surface area contributed by atoms with Gasteiger partial charge in [0.1, 0.15) is 11.5 Å². The first-order valence-corrected chi connectivity index (χ1v) is 12.4. The van der Waals surface area contributed by atoms with Gasteiger partial charge in [0.15, 0.2) is 11.5 Å². The smallest absolute Gasteiger partial charge is 0.319 e. The zero-order valence-corrected chi connectivity index (χ0v) is 20.7. The molecule has 0 saturated carbocycles. The summed E-state index contributed by atoms with van der Waals surface area (Å²) in [6, 6.07) is 18.1. The minimum absolute atomic E-state index is 0.121. The van der Waals surface area contributed by atoms with Crippen molar-refractivity contribution in [1.29, 1.82) is 0 Å². The fourth-order valence-corrected chi connectivity index (χ4v) is 6.17. The van der Waals surface area contributed by atoms with Crippen molar-refractivity contribution in [1.82, 2.24) is 0 Å². The Hall–Kier alpha value is -4.59. The minimum Gasteiger partial charge on any atom is -0.495 e. The Morgan fingerprint density at radius 1 is 0.868 bits per heavy atom. The second-order valence-electron chi connectivity index (χ2n) is 9.89. The van der Waals surface area contributed by atoms with E-state index in [0.717, 1.165) is 16.7 Å². The zero-order valence-electron chi connectivity index (χ0n) is 20.7. The highest BCUT2D eigenvalue weighted by molar-refractivity contribution is 6.25. The quantitative estimate of drug-likeness (QED) is 0.296. The van der Waals surface area contributed by atoms with Crippen LogP contribution in [0.15, 0.2) is 66.7 Å². The van der Waals surface area contributed by atoms with Crippen LogP contribution in [0.3, 0.4) is 0 Å². The lowest BCUT2D eigenvalue weighted by atomic mass is 9.64. The number of methoxy groups -OCH3 is 1. The Kier molecular flexibility index (Phi) is 4.88. The Balaban J connectivity index is 1.43. The lowest BCUT2D eigenvalue weighted by molar-refractivity contribution is -0.142. The summed E-state index contributed by atoms with van der Waals surface area (Å²) in [6.07, 6.45) is 1.95. The number of para-hydroxylation sites is 2. The van der Waals surface area contributed by atoms with Crippen LogP contribution in [0.4, 0.5) is 5.69 Å². The van der Waals surface area contributed by atoms with Crippen LogP contribution >= 0.6 is 0 Å². The maximum Gasteiger partial charge on any atom is 0.319 e. The van der Waals surface area contributed by atoms with Crippen LogP contribution in [0.5, 0.6) is 23.0 Å². The molecule has 0 N–H and O–H groups in total. The summed E-state index contributed by atoms with van der Waals surface area (Å²) in [4.78, 5) is 42.9. The highest BCUT2D eigenvalue weighted by atomic mass is 16.7. The van der Waals surface area contributed by atoms with Gasteiger partial charge in [0.2, 0.25) is 18.6 Å². The number of nitrogens with zero attached hydrogens (tertiary/aromatic N) is 1. The van der Waals surface area contributed by atoms with Crippen molar-refractivity contribution in [3.8, 4) is 23.0 Å². The number of carbonyl (C=O) groups excluding carboxylic acids is 3. The lowest BCUT2D eigenvalue weighted by Gasteiger charge is -2.38. The van der Waals surface area contributed by atoms with Crippen molar-refractivity contribution in [3.63, 3.8) is 0 Å². The molecule has 3 aliphatic heterocycles. The van der Waals surface area contributed by atoms with Crippen LogP contribution in [-0.4, -0.2) is 31.7 Å². The van der Waals surface area contributed by atoms with E-state index in [9.17, 15) is 14.4 Å². The van der Waals surface area contributed by atoms with Crippen molar-refractivity contribution in [2.24, 2.45) is 17.8 Å². The summed E-state index contributed by atoms with van der Waals surface area (Å²) in [5.41, 5.74) is 3.55. The van der Waals surface area contributed by atoms with E-state index < -0.39 is 35.5 Å². The largest absolute Gasteiger partial charge is 0.495 e. The molecule has 0 radical (unpaired) electrons. The number of amides is 2. The van der Waals surface area contributed by atoms with Gasteiger partial charge in [-0.3, -0.25) is 14.4 Å². The number of allylic oxidation sites excluding steroid dienone is 1. The number of benzene rings is 3. The lowest BCUT2D eigenvalue weighted by Crippen LogP contribution is -2.42. The molecule has 2 amide bonds. The van der Waals surface area contributed by atoms with Crippen LogP contribution in [0.1, 0.15) is 22.6 Å². The Bertz CT molecular complexity index is 1570. The fraction of sp³-hybridized carbons (Fsp3) is 0.233. The molecule has 190 valence electrons. The Morgan fingerprint density at radius 3 is 2.50 bits per heavy atom. The van der Waals surface area contributed by atoms with Gasteiger partial charge in [-0.25, -0.2) is 4.90 Å². The number of rotatable bonds is 3. The summed E-state index contributed by atoms with van der Waals surface area (Å²) >= 11 is 0. The number of aryl methyl sites for hydroxylation is 1. The van der Waals surface area contributed by atoms with Gasteiger partial charge in [0.05, 0.1) is 30.6 Å². The van der Waals surface area contributed by atoms with Gasteiger partial charge in [-0.05, 0) is 54.0 Å². The van der Waals surface area contributed by atoms with Gasteiger partial charge < -0.3 is 18.9 Å². The number of anilines is 1. The molecule has 1 saturated heterocycles. The average Bonchev–Trinajstić information content (AvgIpc) is 3.49. The predicted molar refractivity (Wildman–Crippen MR) is 136 cm³/mol. The Labute approximate surface area is 218 Å². The molecular formula is C30H23NO7. The highest BCUT2D eigenvalue weighted by Gasteiger charge is 2.60. The molecule has 8 heteroatoms. The minimum atomic E-state index is -0.940. The summed E-state index contributed by atoms with van der Waals surface area (Å²) in [7, 11) is 1.49. The van der Waals surface area contributed by atoms with E-state index in [1.54, 1.807) is 24.3 Å². The van der Waals surface area contributed by atoms with Crippen LogP contribution in [0.25, 0.3) is 5.57 Å². The van der Waals surface area contributed by atoms with E-state index in [-0.39, 0.29) is 12.7 Å². The second kappa shape index (κ2) is 8.21. The number of imide groups is 1. The number of hydrogen-bond acceptors (Lipinski definition) is 7. The highest BCUT2D eigenvalue weighted by Crippen LogP contribution is 2.55. The van der Waals surface area contributed by atoms with E-state index in [1.165, 1.54) is 12.0 Å². The molecule has 8 nitrogen and oxygen atoms in total. The van der Waals surface area contributed by atoms with E-state index >= 15 is 0 Å². The fourth-order valence-electron chi connectivity index (χ4n) is 6.17. The molecule has 1 fully saturated rings. The summed E-state index contributed by atoms with van der Waals surface area (Å²) in [6.45, 7) is 2.04. The molecule has 4 atom stereocenters. The molecule has 0 spiro atoms. The first-order valence-electron chi connectivity index (χ1n) is 12.4. The predicted octanol–water partition coefficient (Wildman–Crippen LogP) is 4.25.